The average molecular weight is 342 g/mol. The van der Waals surface area contributed by atoms with E-state index in [4.69, 9.17) is 9.84 Å². The van der Waals surface area contributed by atoms with Gasteiger partial charge in [-0.2, -0.15) is 0 Å². The minimum Gasteiger partial charge on any atom is -0.496 e. The lowest BCUT2D eigenvalue weighted by molar-refractivity contribution is -0.148. The highest BCUT2D eigenvalue weighted by Gasteiger charge is 2.22. The molecule has 0 aliphatic carbocycles. The van der Waals surface area contributed by atoms with Crippen LogP contribution < -0.4 is 4.74 Å². The van der Waals surface area contributed by atoms with Crippen LogP contribution in [0.5, 0.6) is 5.75 Å². The Hall–Kier alpha value is -2.99. The molecular formula is C19H18O6. The maximum atomic E-state index is 12.4. The number of hydrogen-bond acceptors (Lipinski definition) is 5. The van der Waals surface area contributed by atoms with E-state index in [0.717, 1.165) is 11.1 Å². The molecule has 2 aromatic carbocycles. The molecule has 0 saturated heterocycles. The third-order valence-electron chi connectivity index (χ3n) is 3.71. The molecule has 130 valence electrons. The maximum absolute atomic E-state index is 12.4. The van der Waals surface area contributed by atoms with Crippen LogP contribution in [0.1, 0.15) is 33.5 Å². The molecule has 0 aliphatic heterocycles. The molecule has 0 radical (unpaired) electrons. The van der Waals surface area contributed by atoms with Crippen molar-refractivity contribution in [3.8, 4) is 5.75 Å². The van der Waals surface area contributed by atoms with Crippen molar-refractivity contribution in [2.75, 3.05) is 7.11 Å². The second-order valence-electron chi connectivity index (χ2n) is 5.48. The van der Waals surface area contributed by atoms with Crippen LogP contribution >= 0.6 is 0 Å². The molecule has 25 heavy (non-hydrogen) atoms. The summed E-state index contributed by atoms with van der Waals surface area (Å²) >= 11 is 0. The van der Waals surface area contributed by atoms with E-state index in [1.165, 1.54) is 7.11 Å². The number of rotatable bonds is 8. The summed E-state index contributed by atoms with van der Waals surface area (Å²) < 4.78 is 5.20. The Balaban J connectivity index is 2.42. The Bertz CT molecular complexity index is 795. The van der Waals surface area contributed by atoms with Gasteiger partial charge in [0.1, 0.15) is 5.75 Å². The van der Waals surface area contributed by atoms with Gasteiger partial charge in [-0.05, 0) is 29.7 Å². The van der Waals surface area contributed by atoms with Gasteiger partial charge in [-0.15, -0.1) is 0 Å². The summed E-state index contributed by atoms with van der Waals surface area (Å²) in [5.74, 6) is -3.35. The third kappa shape index (κ3) is 4.51. The summed E-state index contributed by atoms with van der Waals surface area (Å²) in [5, 5.41) is 18.2. The van der Waals surface area contributed by atoms with E-state index in [9.17, 15) is 19.5 Å². The molecule has 0 aliphatic rings. The minimum atomic E-state index is -1.66. The number of aliphatic hydroxyl groups is 1. The van der Waals surface area contributed by atoms with E-state index in [-0.39, 0.29) is 17.9 Å². The number of hydrogen-bond donors (Lipinski definition) is 2. The van der Waals surface area contributed by atoms with E-state index in [2.05, 4.69) is 0 Å². The van der Waals surface area contributed by atoms with Crippen molar-refractivity contribution in [1.29, 1.82) is 0 Å². The molecular weight excluding hydrogens is 324 g/mol. The molecule has 6 heteroatoms. The smallest absolute Gasteiger partial charge is 0.372 e. The van der Waals surface area contributed by atoms with Crippen LogP contribution in [-0.2, 0) is 22.6 Å². The Labute approximate surface area is 144 Å². The van der Waals surface area contributed by atoms with Crippen molar-refractivity contribution < 1.29 is 29.3 Å². The molecule has 6 nitrogen and oxygen atoms in total. The summed E-state index contributed by atoms with van der Waals surface area (Å²) in [5.41, 5.74) is 2.26. The second kappa shape index (κ2) is 8.21. The summed E-state index contributed by atoms with van der Waals surface area (Å²) in [6.45, 7) is -0.348. The number of carboxylic acids is 1. The van der Waals surface area contributed by atoms with Gasteiger partial charge in [-0.25, -0.2) is 4.79 Å². The SMILES string of the molecule is COc1c(CO)cc(Cc2ccccc2)cc1C(=O)CC(=O)C(=O)O. The highest BCUT2D eigenvalue weighted by Crippen LogP contribution is 2.28. The molecule has 2 rings (SSSR count). The third-order valence-corrected chi connectivity index (χ3v) is 3.71. The Morgan fingerprint density at radius 1 is 1.04 bits per heavy atom. The summed E-state index contributed by atoms with van der Waals surface area (Å²) in [4.78, 5) is 34.4. The zero-order valence-electron chi connectivity index (χ0n) is 13.7. The van der Waals surface area contributed by atoms with Gasteiger partial charge in [0.15, 0.2) is 5.78 Å². The van der Waals surface area contributed by atoms with E-state index < -0.39 is 24.0 Å². The quantitative estimate of drug-likeness (QED) is 0.432. The van der Waals surface area contributed by atoms with Gasteiger partial charge in [0, 0.05) is 5.56 Å². The van der Waals surface area contributed by atoms with E-state index in [1.54, 1.807) is 12.1 Å². The number of carbonyl (C=O) groups excluding carboxylic acids is 2. The topological polar surface area (TPSA) is 101 Å². The van der Waals surface area contributed by atoms with Crippen molar-refractivity contribution in [3.05, 3.63) is 64.7 Å². The number of aliphatic carboxylic acids is 1. The van der Waals surface area contributed by atoms with Crippen molar-refractivity contribution in [2.45, 2.75) is 19.4 Å². The molecule has 0 heterocycles. The fourth-order valence-corrected chi connectivity index (χ4v) is 2.57. The Morgan fingerprint density at radius 3 is 2.28 bits per heavy atom. The first-order valence-electron chi connectivity index (χ1n) is 7.60. The van der Waals surface area contributed by atoms with Crippen LogP contribution in [0.2, 0.25) is 0 Å². The van der Waals surface area contributed by atoms with E-state index in [1.807, 2.05) is 30.3 Å². The van der Waals surface area contributed by atoms with Crippen molar-refractivity contribution in [3.63, 3.8) is 0 Å². The predicted octanol–water partition coefficient (Wildman–Crippen LogP) is 2.00. The normalized spacial score (nSPS) is 10.3. The highest BCUT2D eigenvalue weighted by atomic mass is 16.5. The van der Waals surface area contributed by atoms with Gasteiger partial charge < -0.3 is 14.9 Å². The molecule has 2 N–H and O–H groups in total. The molecule has 0 fully saturated rings. The average Bonchev–Trinajstić information content (AvgIpc) is 2.61. The molecule has 0 bridgehead atoms. The van der Waals surface area contributed by atoms with Gasteiger partial charge in [0.05, 0.1) is 25.7 Å². The number of carbonyl (C=O) groups is 3. The van der Waals surface area contributed by atoms with Gasteiger partial charge >= 0.3 is 5.97 Å². The summed E-state index contributed by atoms with van der Waals surface area (Å²) in [6.07, 6.45) is -0.240. The Kier molecular flexibility index (Phi) is 6.03. The summed E-state index contributed by atoms with van der Waals surface area (Å²) in [7, 11) is 1.35. The minimum absolute atomic E-state index is 0.0922. The van der Waals surface area contributed by atoms with Crippen LogP contribution in [0.4, 0.5) is 0 Å². The van der Waals surface area contributed by atoms with Crippen LogP contribution in [0.3, 0.4) is 0 Å². The van der Waals surface area contributed by atoms with Gasteiger partial charge in [0.2, 0.25) is 5.78 Å². The lowest BCUT2D eigenvalue weighted by Gasteiger charge is -2.14. The molecule has 0 amide bonds. The second-order valence-corrected chi connectivity index (χ2v) is 5.48. The maximum Gasteiger partial charge on any atom is 0.372 e. The van der Waals surface area contributed by atoms with Crippen molar-refractivity contribution >= 4 is 17.5 Å². The zero-order valence-corrected chi connectivity index (χ0v) is 13.7. The Morgan fingerprint density at radius 2 is 1.72 bits per heavy atom. The number of methoxy groups -OCH3 is 1. The van der Waals surface area contributed by atoms with Gasteiger partial charge in [-0.3, -0.25) is 9.59 Å². The van der Waals surface area contributed by atoms with Crippen molar-refractivity contribution in [1.82, 2.24) is 0 Å². The predicted molar refractivity (Wildman–Crippen MR) is 89.8 cm³/mol. The number of ether oxygens (including phenoxy) is 1. The number of Topliss-reactive ketones (excluding diaryl/α,β-unsaturated/α-hetero) is 2. The zero-order chi connectivity index (χ0) is 18.4. The van der Waals surface area contributed by atoms with Crippen LogP contribution in [0, 0.1) is 0 Å². The monoisotopic (exact) mass is 342 g/mol. The highest BCUT2D eigenvalue weighted by molar-refractivity contribution is 6.37. The van der Waals surface area contributed by atoms with Gasteiger partial charge in [-0.1, -0.05) is 30.3 Å². The van der Waals surface area contributed by atoms with E-state index in [0.29, 0.717) is 12.0 Å². The first-order valence-corrected chi connectivity index (χ1v) is 7.60. The first-order chi connectivity index (χ1) is 12.0. The number of benzene rings is 2. The number of aliphatic hydroxyl groups excluding tert-OH is 1. The number of carboxylic acid groups (broad SMARTS) is 1. The first kappa shape index (κ1) is 18.4. The van der Waals surface area contributed by atoms with Crippen molar-refractivity contribution in [2.24, 2.45) is 0 Å². The fourth-order valence-electron chi connectivity index (χ4n) is 2.57. The molecule has 2 aromatic rings. The molecule has 0 unspecified atom stereocenters. The molecule has 0 atom stereocenters. The van der Waals surface area contributed by atoms with Gasteiger partial charge in [0.25, 0.3) is 0 Å². The fraction of sp³-hybridized carbons (Fsp3) is 0.211. The summed E-state index contributed by atoms with van der Waals surface area (Å²) in [6, 6.07) is 12.8. The number of ketones is 2. The lowest BCUT2D eigenvalue weighted by atomic mass is 9.95. The van der Waals surface area contributed by atoms with E-state index >= 15 is 0 Å². The standard InChI is InChI=1S/C19H18O6/c1-25-18-14(11-20)8-13(7-12-5-3-2-4-6-12)9-15(18)16(21)10-17(22)19(23)24/h2-6,8-9,20H,7,10-11H2,1H3,(H,23,24). The molecule has 0 saturated carbocycles. The molecule has 0 spiro atoms. The van der Waals surface area contributed by atoms with Crippen LogP contribution in [0.15, 0.2) is 42.5 Å². The lowest BCUT2D eigenvalue weighted by Crippen LogP contribution is -2.18. The van der Waals surface area contributed by atoms with Crippen LogP contribution in [0.25, 0.3) is 0 Å². The molecule has 0 aromatic heterocycles. The largest absolute Gasteiger partial charge is 0.496 e. The van der Waals surface area contributed by atoms with Crippen LogP contribution in [-0.4, -0.2) is 34.9 Å².